The first kappa shape index (κ1) is 14.1. The van der Waals surface area contributed by atoms with Crippen LogP contribution in [0.5, 0.6) is 0 Å². The van der Waals surface area contributed by atoms with Gasteiger partial charge in [0.2, 0.25) is 0 Å². The number of hydrogen-bond acceptors (Lipinski definition) is 5. The number of aliphatic hydroxyl groups excluding tert-OH is 2. The molecule has 8 nitrogen and oxygen atoms in total. The van der Waals surface area contributed by atoms with Crippen LogP contribution < -0.4 is 0 Å². The predicted octanol–water partition coefficient (Wildman–Crippen LogP) is -0.640. The Balaban J connectivity index is 2.98. The fourth-order valence-electron chi connectivity index (χ4n) is 1.62. The normalized spacial score (nSPS) is 10.4. The predicted molar refractivity (Wildman–Crippen MR) is 62.1 cm³/mol. The molecule has 0 saturated heterocycles. The van der Waals surface area contributed by atoms with E-state index in [2.05, 4.69) is 0 Å². The third-order valence-electron chi connectivity index (χ3n) is 2.53. The highest BCUT2D eigenvalue weighted by molar-refractivity contribution is 5.93. The minimum Gasteiger partial charge on any atom is -0.395 e. The SMILES string of the molecule is Cn1c(C(=O)N(CCO)CCO)ccc1[N+](=O)[O-]. The largest absolute Gasteiger partial charge is 0.395 e. The Bertz CT molecular complexity index is 437. The molecule has 1 aromatic heterocycles. The van der Waals surface area contributed by atoms with Crippen LogP contribution in [0.4, 0.5) is 5.82 Å². The van der Waals surface area contributed by atoms with Gasteiger partial charge < -0.3 is 25.2 Å². The Morgan fingerprint density at radius 3 is 2.33 bits per heavy atom. The van der Waals surface area contributed by atoms with Crippen LogP contribution in [-0.2, 0) is 7.05 Å². The average molecular weight is 257 g/mol. The van der Waals surface area contributed by atoms with Crippen molar-refractivity contribution in [3.8, 4) is 0 Å². The molecular formula is C10H15N3O5. The van der Waals surface area contributed by atoms with E-state index >= 15 is 0 Å². The number of nitrogens with zero attached hydrogens (tertiary/aromatic N) is 3. The van der Waals surface area contributed by atoms with Gasteiger partial charge in [-0.3, -0.25) is 4.79 Å². The molecule has 0 aliphatic heterocycles. The lowest BCUT2D eigenvalue weighted by atomic mass is 10.3. The summed E-state index contributed by atoms with van der Waals surface area (Å²) in [5.41, 5.74) is 0.142. The first-order chi connectivity index (χ1) is 8.52. The van der Waals surface area contributed by atoms with E-state index < -0.39 is 10.8 Å². The zero-order valence-electron chi connectivity index (χ0n) is 9.94. The molecule has 0 radical (unpaired) electrons. The highest BCUT2D eigenvalue weighted by Gasteiger charge is 2.24. The standard InChI is InChI=1S/C10H15N3O5/c1-11-8(2-3-9(11)13(17)18)10(16)12(4-6-14)5-7-15/h2-3,14-15H,4-7H2,1H3. The second kappa shape index (κ2) is 6.12. The van der Waals surface area contributed by atoms with Gasteiger partial charge in [-0.1, -0.05) is 0 Å². The number of amides is 1. The molecule has 0 fully saturated rings. The molecule has 1 rings (SSSR count). The maximum absolute atomic E-state index is 12.0. The molecule has 2 N–H and O–H groups in total. The molecule has 0 aliphatic rings. The molecular weight excluding hydrogens is 242 g/mol. The van der Waals surface area contributed by atoms with Crippen molar-refractivity contribution in [3.05, 3.63) is 27.9 Å². The fraction of sp³-hybridized carbons (Fsp3) is 0.500. The van der Waals surface area contributed by atoms with Crippen LogP contribution in [0.2, 0.25) is 0 Å². The van der Waals surface area contributed by atoms with Crippen molar-refractivity contribution in [3.63, 3.8) is 0 Å². The molecule has 1 amide bonds. The summed E-state index contributed by atoms with van der Waals surface area (Å²) < 4.78 is 1.17. The van der Waals surface area contributed by atoms with Crippen LogP contribution in [0.25, 0.3) is 0 Å². The highest BCUT2D eigenvalue weighted by Crippen LogP contribution is 2.16. The van der Waals surface area contributed by atoms with Gasteiger partial charge in [-0.2, -0.15) is 0 Å². The molecule has 0 bridgehead atoms. The molecule has 0 aliphatic carbocycles. The maximum Gasteiger partial charge on any atom is 0.323 e. The fourth-order valence-corrected chi connectivity index (χ4v) is 1.62. The van der Waals surface area contributed by atoms with E-state index in [1.165, 1.54) is 28.6 Å². The zero-order chi connectivity index (χ0) is 13.7. The van der Waals surface area contributed by atoms with E-state index in [4.69, 9.17) is 10.2 Å². The van der Waals surface area contributed by atoms with Gasteiger partial charge >= 0.3 is 5.82 Å². The van der Waals surface area contributed by atoms with Crippen molar-refractivity contribution in [2.45, 2.75) is 0 Å². The summed E-state index contributed by atoms with van der Waals surface area (Å²) in [6.45, 7) is -0.340. The molecule has 0 aromatic carbocycles. The first-order valence-corrected chi connectivity index (χ1v) is 5.34. The number of nitro groups is 1. The molecule has 100 valence electrons. The summed E-state index contributed by atoms with van der Waals surface area (Å²) in [5.74, 6) is -0.653. The van der Waals surface area contributed by atoms with Gasteiger partial charge in [-0.25, -0.2) is 4.57 Å². The molecule has 1 heterocycles. The molecule has 1 aromatic rings. The Hall–Kier alpha value is -1.93. The molecule has 18 heavy (non-hydrogen) atoms. The van der Waals surface area contributed by atoms with Crippen molar-refractivity contribution in [1.82, 2.24) is 9.47 Å². The summed E-state index contributed by atoms with van der Waals surface area (Å²) in [7, 11) is 1.42. The lowest BCUT2D eigenvalue weighted by Crippen LogP contribution is -2.36. The van der Waals surface area contributed by atoms with Gasteiger partial charge in [0.15, 0.2) is 5.69 Å². The number of rotatable bonds is 6. The first-order valence-electron chi connectivity index (χ1n) is 5.34. The second-order valence-electron chi connectivity index (χ2n) is 3.63. The van der Waals surface area contributed by atoms with Gasteiger partial charge in [0.25, 0.3) is 5.91 Å². The van der Waals surface area contributed by atoms with Crippen molar-refractivity contribution in [2.75, 3.05) is 26.3 Å². The molecule has 0 atom stereocenters. The van der Waals surface area contributed by atoms with E-state index in [9.17, 15) is 14.9 Å². The van der Waals surface area contributed by atoms with Crippen LogP contribution in [-0.4, -0.2) is 56.8 Å². The summed E-state index contributed by atoms with van der Waals surface area (Å²) in [5, 5.41) is 28.3. The van der Waals surface area contributed by atoms with Crippen molar-refractivity contribution in [1.29, 1.82) is 0 Å². The Kier molecular flexibility index (Phi) is 4.81. The number of aliphatic hydroxyl groups is 2. The summed E-state index contributed by atoms with van der Waals surface area (Å²) in [4.78, 5) is 23.4. The summed E-state index contributed by atoms with van der Waals surface area (Å²) >= 11 is 0. The lowest BCUT2D eigenvalue weighted by Gasteiger charge is -2.19. The monoisotopic (exact) mass is 257 g/mol. The number of carbonyl (C=O) groups is 1. The van der Waals surface area contributed by atoms with E-state index in [0.29, 0.717) is 0 Å². The molecule has 0 saturated carbocycles. The minimum absolute atomic E-state index is 0.0678. The summed E-state index contributed by atoms with van der Waals surface area (Å²) in [6, 6.07) is 2.59. The maximum atomic E-state index is 12.0. The third kappa shape index (κ3) is 2.84. The van der Waals surface area contributed by atoms with Crippen LogP contribution in [0, 0.1) is 10.1 Å². The minimum atomic E-state index is -0.584. The molecule has 8 heteroatoms. The van der Waals surface area contributed by atoms with Crippen LogP contribution in [0.1, 0.15) is 10.5 Å². The average Bonchev–Trinajstić information content (AvgIpc) is 2.70. The van der Waals surface area contributed by atoms with Gasteiger partial charge in [0.1, 0.15) is 0 Å². The highest BCUT2D eigenvalue weighted by atomic mass is 16.6. The topological polar surface area (TPSA) is 109 Å². The lowest BCUT2D eigenvalue weighted by molar-refractivity contribution is -0.391. The van der Waals surface area contributed by atoms with Crippen LogP contribution in [0.15, 0.2) is 12.1 Å². The second-order valence-corrected chi connectivity index (χ2v) is 3.63. The Labute approximate surface area is 103 Å². The van der Waals surface area contributed by atoms with Crippen molar-refractivity contribution in [2.24, 2.45) is 7.05 Å². The van der Waals surface area contributed by atoms with E-state index in [1.807, 2.05) is 0 Å². The molecule has 0 unspecified atom stereocenters. The number of aromatic nitrogens is 1. The van der Waals surface area contributed by atoms with Gasteiger partial charge in [0.05, 0.1) is 20.3 Å². The quantitative estimate of drug-likeness (QED) is 0.520. The Morgan fingerprint density at radius 1 is 1.39 bits per heavy atom. The van der Waals surface area contributed by atoms with Crippen molar-refractivity contribution >= 4 is 11.7 Å². The van der Waals surface area contributed by atoms with Crippen molar-refractivity contribution < 1.29 is 19.9 Å². The van der Waals surface area contributed by atoms with E-state index in [0.717, 1.165) is 0 Å². The van der Waals surface area contributed by atoms with Gasteiger partial charge in [-0.05, 0) is 11.0 Å². The third-order valence-corrected chi connectivity index (χ3v) is 2.53. The van der Waals surface area contributed by atoms with E-state index in [-0.39, 0.29) is 37.8 Å². The zero-order valence-corrected chi connectivity index (χ0v) is 9.94. The van der Waals surface area contributed by atoms with Crippen LogP contribution >= 0.6 is 0 Å². The Morgan fingerprint density at radius 2 is 1.94 bits per heavy atom. The molecule has 0 spiro atoms. The van der Waals surface area contributed by atoms with Gasteiger partial charge in [-0.15, -0.1) is 0 Å². The number of carbonyl (C=O) groups excluding carboxylic acids is 1. The van der Waals surface area contributed by atoms with Gasteiger partial charge in [0, 0.05) is 19.2 Å². The van der Waals surface area contributed by atoms with Crippen LogP contribution in [0.3, 0.4) is 0 Å². The number of hydrogen-bond donors (Lipinski definition) is 2. The van der Waals surface area contributed by atoms with E-state index in [1.54, 1.807) is 0 Å². The summed E-state index contributed by atoms with van der Waals surface area (Å²) in [6.07, 6.45) is 0. The smallest absolute Gasteiger partial charge is 0.323 e.